The van der Waals surface area contributed by atoms with Gasteiger partial charge in [-0.05, 0) is 49.9 Å². The molecule has 33 heavy (non-hydrogen) atoms. The van der Waals surface area contributed by atoms with E-state index >= 15 is 0 Å². The first-order valence-electron chi connectivity index (χ1n) is 10.7. The lowest BCUT2D eigenvalue weighted by atomic mass is 10.1. The minimum atomic E-state index is -4.05. The van der Waals surface area contributed by atoms with Gasteiger partial charge in [0.1, 0.15) is 0 Å². The van der Waals surface area contributed by atoms with Crippen molar-refractivity contribution >= 4 is 39.3 Å². The highest BCUT2D eigenvalue weighted by atomic mass is 32.2. The molecule has 1 fully saturated rings. The zero-order valence-electron chi connectivity index (χ0n) is 19.0. The van der Waals surface area contributed by atoms with E-state index in [0.717, 1.165) is 6.42 Å². The van der Waals surface area contributed by atoms with Gasteiger partial charge in [0, 0.05) is 24.0 Å². The number of amides is 2. The van der Waals surface area contributed by atoms with Crippen molar-refractivity contribution in [2.24, 2.45) is 0 Å². The first kappa shape index (κ1) is 25.1. The van der Waals surface area contributed by atoms with Crippen LogP contribution in [-0.4, -0.2) is 63.7 Å². The molecule has 1 atom stereocenters. The van der Waals surface area contributed by atoms with Gasteiger partial charge in [-0.25, -0.2) is 8.42 Å². The molecule has 1 aliphatic rings. The van der Waals surface area contributed by atoms with Gasteiger partial charge in [-0.15, -0.1) is 11.8 Å². The Bertz CT molecular complexity index is 1110. The van der Waals surface area contributed by atoms with Crippen molar-refractivity contribution in [3.63, 3.8) is 0 Å². The second-order valence-corrected chi connectivity index (χ2v) is 10.2. The SMILES string of the molecule is CC[C@@H](C)NC(=O)c1ccccc1NS(=O)(=O)c1ccc(SC)c(C(=O)N2CCOCC2)c1. The zero-order chi connectivity index (χ0) is 24.0. The summed E-state index contributed by atoms with van der Waals surface area (Å²) in [6.45, 7) is 5.66. The Balaban J connectivity index is 1.91. The molecule has 0 aliphatic carbocycles. The minimum Gasteiger partial charge on any atom is -0.378 e. The van der Waals surface area contributed by atoms with Gasteiger partial charge < -0.3 is 15.0 Å². The standard InChI is InChI=1S/C23H29N3O5S2/c1-4-16(2)24-22(27)18-7-5-6-8-20(18)25-33(29,30)17-9-10-21(32-3)19(15-17)23(28)26-11-13-31-14-12-26/h5-10,15-16,25H,4,11-14H2,1-3H3,(H,24,27)/t16-/m1/s1. The highest BCUT2D eigenvalue weighted by molar-refractivity contribution is 7.98. The molecule has 2 aromatic carbocycles. The molecule has 1 aliphatic heterocycles. The Morgan fingerprint density at radius 3 is 2.48 bits per heavy atom. The van der Waals surface area contributed by atoms with E-state index in [4.69, 9.17) is 4.74 Å². The number of para-hydroxylation sites is 1. The number of morpholine rings is 1. The molecule has 1 heterocycles. The Kier molecular flexibility index (Phi) is 8.39. The molecule has 10 heteroatoms. The molecule has 3 rings (SSSR count). The van der Waals surface area contributed by atoms with E-state index in [0.29, 0.717) is 36.8 Å². The largest absolute Gasteiger partial charge is 0.378 e. The smallest absolute Gasteiger partial charge is 0.261 e. The Morgan fingerprint density at radius 2 is 1.82 bits per heavy atom. The fraction of sp³-hybridized carbons (Fsp3) is 0.391. The minimum absolute atomic E-state index is 0.0463. The van der Waals surface area contributed by atoms with Gasteiger partial charge in [0.25, 0.3) is 21.8 Å². The number of thioether (sulfide) groups is 1. The van der Waals surface area contributed by atoms with Crippen molar-refractivity contribution in [3.8, 4) is 0 Å². The highest BCUT2D eigenvalue weighted by Gasteiger charge is 2.25. The molecule has 0 spiro atoms. The fourth-order valence-electron chi connectivity index (χ4n) is 3.34. The van der Waals surface area contributed by atoms with Crippen LogP contribution in [0.25, 0.3) is 0 Å². The lowest BCUT2D eigenvalue weighted by Crippen LogP contribution is -2.41. The van der Waals surface area contributed by atoms with Crippen LogP contribution in [0.1, 0.15) is 41.0 Å². The van der Waals surface area contributed by atoms with E-state index in [1.807, 2.05) is 20.1 Å². The van der Waals surface area contributed by atoms with E-state index in [1.165, 1.54) is 23.9 Å². The number of carbonyl (C=O) groups excluding carboxylic acids is 2. The van der Waals surface area contributed by atoms with Crippen LogP contribution in [0.2, 0.25) is 0 Å². The molecule has 2 N–H and O–H groups in total. The van der Waals surface area contributed by atoms with E-state index in [2.05, 4.69) is 10.0 Å². The molecule has 0 bridgehead atoms. The van der Waals surface area contributed by atoms with Crippen molar-refractivity contribution in [1.29, 1.82) is 0 Å². The number of sulfonamides is 1. The third-order valence-electron chi connectivity index (χ3n) is 5.42. The van der Waals surface area contributed by atoms with Crippen LogP contribution in [0.5, 0.6) is 0 Å². The van der Waals surface area contributed by atoms with Crippen molar-refractivity contribution in [3.05, 3.63) is 53.6 Å². The monoisotopic (exact) mass is 491 g/mol. The number of nitrogens with one attached hydrogen (secondary N) is 2. The molecule has 2 aromatic rings. The summed E-state index contributed by atoms with van der Waals surface area (Å²) >= 11 is 1.38. The lowest BCUT2D eigenvalue weighted by Gasteiger charge is -2.27. The summed E-state index contributed by atoms with van der Waals surface area (Å²) in [6.07, 6.45) is 2.59. The van der Waals surface area contributed by atoms with E-state index < -0.39 is 10.0 Å². The van der Waals surface area contributed by atoms with Gasteiger partial charge >= 0.3 is 0 Å². The number of nitrogens with zero attached hydrogens (tertiary/aromatic N) is 1. The molecule has 1 saturated heterocycles. The van der Waals surface area contributed by atoms with Crippen LogP contribution < -0.4 is 10.0 Å². The molecule has 2 amide bonds. The predicted octanol–water partition coefficient (Wildman–Crippen LogP) is 3.21. The first-order chi connectivity index (χ1) is 15.8. The van der Waals surface area contributed by atoms with Crippen molar-refractivity contribution in [1.82, 2.24) is 10.2 Å². The van der Waals surface area contributed by atoms with Gasteiger partial charge in [-0.1, -0.05) is 19.1 Å². The van der Waals surface area contributed by atoms with Crippen LogP contribution in [-0.2, 0) is 14.8 Å². The van der Waals surface area contributed by atoms with Crippen LogP contribution in [0.3, 0.4) is 0 Å². The average molecular weight is 492 g/mol. The summed E-state index contributed by atoms with van der Waals surface area (Å²) in [4.78, 5) is 28.0. The number of benzene rings is 2. The van der Waals surface area contributed by atoms with Crippen LogP contribution >= 0.6 is 11.8 Å². The van der Waals surface area contributed by atoms with Crippen LogP contribution in [0, 0.1) is 0 Å². The summed E-state index contributed by atoms with van der Waals surface area (Å²) in [5.74, 6) is -0.586. The van der Waals surface area contributed by atoms with Crippen LogP contribution in [0.15, 0.2) is 52.3 Å². The van der Waals surface area contributed by atoms with Gasteiger partial charge in [0.2, 0.25) is 0 Å². The highest BCUT2D eigenvalue weighted by Crippen LogP contribution is 2.27. The summed E-state index contributed by atoms with van der Waals surface area (Å²) in [7, 11) is -4.05. The second kappa shape index (κ2) is 11.0. The molecular formula is C23H29N3O5S2. The summed E-state index contributed by atoms with van der Waals surface area (Å²) in [5, 5.41) is 2.85. The van der Waals surface area contributed by atoms with E-state index in [-0.39, 0.29) is 34.0 Å². The van der Waals surface area contributed by atoms with Gasteiger partial charge in [-0.2, -0.15) is 0 Å². The Hall–Kier alpha value is -2.56. The summed E-state index contributed by atoms with van der Waals surface area (Å²) in [6, 6.07) is 10.9. The first-order valence-corrected chi connectivity index (χ1v) is 13.5. The van der Waals surface area contributed by atoms with E-state index in [9.17, 15) is 18.0 Å². The lowest BCUT2D eigenvalue weighted by molar-refractivity contribution is 0.0300. The maximum absolute atomic E-state index is 13.2. The zero-order valence-corrected chi connectivity index (χ0v) is 20.6. The number of carbonyl (C=O) groups is 2. The molecule has 0 unspecified atom stereocenters. The topological polar surface area (TPSA) is 105 Å². The third-order valence-corrected chi connectivity index (χ3v) is 7.57. The summed E-state index contributed by atoms with van der Waals surface area (Å²) < 4.78 is 34.3. The predicted molar refractivity (Wildman–Crippen MR) is 129 cm³/mol. The summed E-state index contributed by atoms with van der Waals surface area (Å²) in [5.41, 5.74) is 0.732. The molecule has 178 valence electrons. The van der Waals surface area contributed by atoms with Gasteiger partial charge in [0.15, 0.2) is 0 Å². The number of anilines is 1. The number of hydrogen-bond donors (Lipinski definition) is 2. The Morgan fingerprint density at radius 1 is 1.12 bits per heavy atom. The van der Waals surface area contributed by atoms with E-state index in [1.54, 1.807) is 35.2 Å². The van der Waals surface area contributed by atoms with Gasteiger partial charge in [-0.3, -0.25) is 14.3 Å². The maximum atomic E-state index is 13.2. The molecule has 8 nitrogen and oxygen atoms in total. The third kappa shape index (κ3) is 6.07. The molecule has 0 aromatic heterocycles. The second-order valence-electron chi connectivity index (χ2n) is 7.70. The fourth-order valence-corrected chi connectivity index (χ4v) is 5.01. The van der Waals surface area contributed by atoms with Gasteiger partial charge in [0.05, 0.1) is 34.9 Å². The molecule has 0 saturated carbocycles. The van der Waals surface area contributed by atoms with Crippen molar-refractivity contribution in [2.75, 3.05) is 37.3 Å². The maximum Gasteiger partial charge on any atom is 0.261 e. The molecular weight excluding hydrogens is 462 g/mol. The Labute approximate surface area is 199 Å². The normalized spacial score (nSPS) is 15.1. The number of hydrogen-bond acceptors (Lipinski definition) is 6. The average Bonchev–Trinajstić information content (AvgIpc) is 2.83. The van der Waals surface area contributed by atoms with Crippen molar-refractivity contribution < 1.29 is 22.7 Å². The van der Waals surface area contributed by atoms with Crippen molar-refractivity contribution in [2.45, 2.75) is 36.1 Å². The quantitative estimate of drug-likeness (QED) is 0.550. The number of ether oxygens (including phenoxy) is 1. The number of rotatable bonds is 8. The van der Waals surface area contributed by atoms with Crippen LogP contribution in [0.4, 0.5) is 5.69 Å². The molecule has 0 radical (unpaired) electrons.